The first-order valence-corrected chi connectivity index (χ1v) is 6.93. The topological polar surface area (TPSA) is 98.7 Å². The Labute approximate surface area is 130 Å². The SMILES string of the molecule is CCOc1cc(C2C(=O)N(C(N)=O)c3ccc(Cl)cc32)on1. The Morgan fingerprint density at radius 1 is 1.50 bits per heavy atom. The van der Waals surface area contributed by atoms with Crippen molar-refractivity contribution in [2.45, 2.75) is 12.8 Å². The number of amides is 3. The van der Waals surface area contributed by atoms with Crippen molar-refractivity contribution in [1.29, 1.82) is 0 Å². The van der Waals surface area contributed by atoms with Crippen LogP contribution in [0.2, 0.25) is 5.02 Å². The average Bonchev–Trinajstić information content (AvgIpc) is 3.00. The number of primary amides is 1. The van der Waals surface area contributed by atoms with E-state index in [1.165, 1.54) is 6.07 Å². The number of carbonyl (C=O) groups excluding carboxylic acids is 2. The van der Waals surface area contributed by atoms with E-state index in [4.69, 9.17) is 26.6 Å². The first kappa shape index (κ1) is 14.4. The molecule has 0 saturated heterocycles. The van der Waals surface area contributed by atoms with Gasteiger partial charge >= 0.3 is 6.03 Å². The Balaban J connectivity index is 2.09. The van der Waals surface area contributed by atoms with E-state index in [-0.39, 0.29) is 11.6 Å². The predicted octanol–water partition coefficient (Wildman–Crippen LogP) is 2.28. The lowest BCUT2D eigenvalue weighted by Gasteiger charge is -2.11. The summed E-state index contributed by atoms with van der Waals surface area (Å²) in [7, 11) is 0. The van der Waals surface area contributed by atoms with Gasteiger partial charge in [-0.15, -0.1) is 0 Å². The quantitative estimate of drug-likeness (QED) is 0.935. The molecule has 3 rings (SSSR count). The van der Waals surface area contributed by atoms with Gasteiger partial charge in [-0.05, 0) is 35.8 Å². The molecule has 1 unspecified atom stereocenters. The molecular formula is C14H12ClN3O4. The number of aromatic nitrogens is 1. The van der Waals surface area contributed by atoms with Crippen LogP contribution in [0.15, 0.2) is 28.8 Å². The highest BCUT2D eigenvalue weighted by Crippen LogP contribution is 2.42. The van der Waals surface area contributed by atoms with Crippen molar-refractivity contribution in [3.8, 4) is 5.88 Å². The molecule has 0 bridgehead atoms. The van der Waals surface area contributed by atoms with E-state index in [0.717, 1.165) is 4.90 Å². The summed E-state index contributed by atoms with van der Waals surface area (Å²) in [5.74, 6) is -0.806. The van der Waals surface area contributed by atoms with Gasteiger partial charge in [0.1, 0.15) is 5.92 Å². The minimum atomic E-state index is -0.861. The van der Waals surface area contributed by atoms with Gasteiger partial charge in [0.05, 0.1) is 12.3 Å². The Morgan fingerprint density at radius 3 is 2.95 bits per heavy atom. The van der Waals surface area contributed by atoms with Crippen molar-refractivity contribution >= 4 is 29.2 Å². The summed E-state index contributed by atoms with van der Waals surface area (Å²) in [6.45, 7) is 2.22. The second-order valence-corrected chi connectivity index (χ2v) is 5.09. The molecule has 2 N–H and O–H groups in total. The van der Waals surface area contributed by atoms with Gasteiger partial charge in [-0.2, -0.15) is 0 Å². The number of rotatable bonds is 3. The summed E-state index contributed by atoms with van der Waals surface area (Å²) >= 11 is 5.99. The molecule has 1 atom stereocenters. The lowest BCUT2D eigenvalue weighted by Crippen LogP contribution is -2.39. The Bertz CT molecular complexity index is 758. The third-order valence-electron chi connectivity index (χ3n) is 3.31. The van der Waals surface area contributed by atoms with Crippen LogP contribution in [0, 0.1) is 0 Å². The van der Waals surface area contributed by atoms with Gasteiger partial charge in [0.25, 0.3) is 11.8 Å². The molecule has 2 heterocycles. The Hall–Kier alpha value is -2.54. The van der Waals surface area contributed by atoms with Crippen LogP contribution >= 0.6 is 11.6 Å². The van der Waals surface area contributed by atoms with Crippen LogP contribution < -0.4 is 15.4 Å². The van der Waals surface area contributed by atoms with Gasteiger partial charge in [-0.25, -0.2) is 9.69 Å². The highest BCUT2D eigenvalue weighted by Gasteiger charge is 2.43. The number of carbonyl (C=O) groups is 2. The van der Waals surface area contributed by atoms with Crippen LogP contribution in [0.4, 0.5) is 10.5 Å². The maximum absolute atomic E-state index is 12.5. The maximum Gasteiger partial charge on any atom is 0.326 e. The molecule has 7 nitrogen and oxygen atoms in total. The van der Waals surface area contributed by atoms with E-state index >= 15 is 0 Å². The zero-order valence-corrected chi connectivity index (χ0v) is 12.3. The van der Waals surface area contributed by atoms with Crippen molar-refractivity contribution in [1.82, 2.24) is 5.16 Å². The summed E-state index contributed by atoms with van der Waals surface area (Å²) < 4.78 is 10.4. The lowest BCUT2D eigenvalue weighted by atomic mass is 9.98. The van der Waals surface area contributed by atoms with Gasteiger partial charge in [0.15, 0.2) is 5.76 Å². The number of nitrogens with two attached hydrogens (primary N) is 1. The minimum Gasteiger partial charge on any atom is -0.476 e. The molecule has 8 heteroatoms. The molecule has 1 aliphatic rings. The normalized spacial score (nSPS) is 16.7. The fourth-order valence-electron chi connectivity index (χ4n) is 2.47. The Kier molecular flexibility index (Phi) is 3.50. The van der Waals surface area contributed by atoms with Crippen LogP contribution in [0.1, 0.15) is 24.2 Å². The summed E-state index contributed by atoms with van der Waals surface area (Å²) in [4.78, 5) is 25.0. The summed E-state index contributed by atoms with van der Waals surface area (Å²) in [6, 6.07) is 5.41. The van der Waals surface area contributed by atoms with E-state index in [1.54, 1.807) is 25.1 Å². The van der Waals surface area contributed by atoms with E-state index in [9.17, 15) is 9.59 Å². The number of hydrogen-bond acceptors (Lipinski definition) is 5. The fraction of sp³-hybridized carbons (Fsp3) is 0.214. The van der Waals surface area contributed by atoms with Crippen LogP contribution in [-0.4, -0.2) is 23.7 Å². The van der Waals surface area contributed by atoms with Gasteiger partial charge in [-0.3, -0.25) is 4.79 Å². The molecule has 3 amide bonds. The first-order valence-electron chi connectivity index (χ1n) is 6.55. The molecule has 1 aromatic heterocycles. The van der Waals surface area contributed by atoms with Crippen LogP contribution in [0.3, 0.4) is 0 Å². The van der Waals surface area contributed by atoms with Crippen LogP contribution in [-0.2, 0) is 4.79 Å². The largest absolute Gasteiger partial charge is 0.476 e. The Morgan fingerprint density at radius 2 is 2.27 bits per heavy atom. The van der Waals surface area contributed by atoms with Gasteiger partial charge in [0, 0.05) is 11.1 Å². The van der Waals surface area contributed by atoms with E-state index in [1.807, 2.05) is 0 Å². The number of halogens is 1. The second kappa shape index (κ2) is 5.34. The molecule has 1 aromatic carbocycles. The highest BCUT2D eigenvalue weighted by molar-refractivity contribution is 6.31. The monoisotopic (exact) mass is 321 g/mol. The average molecular weight is 322 g/mol. The first-order chi connectivity index (χ1) is 10.5. The van der Waals surface area contributed by atoms with Crippen molar-refractivity contribution in [2.75, 3.05) is 11.5 Å². The molecule has 0 radical (unpaired) electrons. The molecule has 2 aromatic rings. The minimum absolute atomic E-state index is 0.265. The highest BCUT2D eigenvalue weighted by atomic mass is 35.5. The lowest BCUT2D eigenvalue weighted by molar-refractivity contribution is -0.118. The summed E-state index contributed by atoms with van der Waals surface area (Å²) in [5.41, 5.74) is 6.22. The molecule has 1 aliphatic heterocycles. The molecule has 0 saturated carbocycles. The molecule has 0 spiro atoms. The number of nitrogens with zero attached hydrogens (tertiary/aromatic N) is 2. The van der Waals surface area contributed by atoms with Gasteiger partial charge < -0.3 is 15.0 Å². The standard InChI is InChI=1S/C14H12ClN3O4/c1-2-21-11-6-10(22-17-11)12-8-5-7(15)3-4-9(8)18(13(12)19)14(16)20/h3-6,12H,2H2,1H3,(H2,16,20). The third-order valence-corrected chi connectivity index (χ3v) is 3.55. The number of benzene rings is 1. The van der Waals surface area contributed by atoms with Crippen molar-refractivity contribution < 1.29 is 18.8 Å². The zero-order valence-electron chi connectivity index (χ0n) is 11.6. The van der Waals surface area contributed by atoms with Crippen molar-refractivity contribution in [2.24, 2.45) is 5.73 Å². The number of urea groups is 1. The number of ether oxygens (including phenoxy) is 1. The smallest absolute Gasteiger partial charge is 0.326 e. The van der Waals surface area contributed by atoms with E-state index in [0.29, 0.717) is 22.9 Å². The van der Waals surface area contributed by atoms with Crippen LogP contribution in [0.5, 0.6) is 5.88 Å². The van der Waals surface area contributed by atoms with E-state index < -0.39 is 17.9 Å². The number of anilines is 1. The van der Waals surface area contributed by atoms with Gasteiger partial charge in [0.2, 0.25) is 0 Å². The predicted molar refractivity (Wildman–Crippen MR) is 78.0 cm³/mol. The molecule has 0 aliphatic carbocycles. The van der Waals surface area contributed by atoms with Gasteiger partial charge in [-0.1, -0.05) is 11.6 Å². The number of imide groups is 1. The zero-order chi connectivity index (χ0) is 15.9. The number of hydrogen-bond donors (Lipinski definition) is 1. The van der Waals surface area contributed by atoms with Crippen molar-refractivity contribution in [3.05, 3.63) is 40.6 Å². The number of fused-ring (bicyclic) bond motifs is 1. The fourth-order valence-corrected chi connectivity index (χ4v) is 2.65. The molecular weight excluding hydrogens is 310 g/mol. The second-order valence-electron chi connectivity index (χ2n) is 4.65. The summed E-state index contributed by atoms with van der Waals surface area (Å²) in [6.07, 6.45) is 0. The van der Waals surface area contributed by atoms with Crippen LogP contribution in [0.25, 0.3) is 0 Å². The molecule has 114 valence electrons. The van der Waals surface area contributed by atoms with E-state index in [2.05, 4.69) is 5.16 Å². The maximum atomic E-state index is 12.5. The molecule has 0 fully saturated rings. The molecule has 22 heavy (non-hydrogen) atoms. The summed E-state index contributed by atoms with van der Waals surface area (Å²) in [5, 5.41) is 4.17. The van der Waals surface area contributed by atoms with Crippen molar-refractivity contribution in [3.63, 3.8) is 0 Å². The third kappa shape index (κ3) is 2.19.